The highest BCUT2D eigenvalue weighted by molar-refractivity contribution is 7.15. The maximum Gasteiger partial charge on any atom is 0.205 e. The number of nitrogens with zero attached hydrogens (tertiary/aromatic N) is 3. The zero-order chi connectivity index (χ0) is 11.7. The number of aromatic nitrogens is 2. The fourth-order valence-corrected chi connectivity index (χ4v) is 3.51. The average Bonchev–Trinajstić information content (AvgIpc) is 2.97. The maximum atomic E-state index is 5.81. The molecule has 2 heterocycles. The average molecular weight is 254 g/mol. The summed E-state index contributed by atoms with van der Waals surface area (Å²) >= 11 is 1.64. The number of nitrogens with one attached hydrogen (secondary N) is 1. The molecule has 2 aliphatic rings. The van der Waals surface area contributed by atoms with Gasteiger partial charge < -0.3 is 10.1 Å². The summed E-state index contributed by atoms with van der Waals surface area (Å²) in [5.41, 5.74) is 0. The molecule has 1 aromatic rings. The monoisotopic (exact) mass is 254 g/mol. The Kier molecular flexibility index (Phi) is 3.26. The standard InChI is InChI=1S/C11H18N4OS/c1-12-11-14-13-10(17-11)7-15-5-6-16-9-4-2-3-8(9)15/h8-9H,2-7H2,1H3,(H,12,14). The molecule has 0 amide bonds. The Morgan fingerprint density at radius 3 is 3.24 bits per heavy atom. The summed E-state index contributed by atoms with van der Waals surface area (Å²) in [5, 5.41) is 13.3. The summed E-state index contributed by atoms with van der Waals surface area (Å²) in [6.07, 6.45) is 4.24. The first kappa shape index (κ1) is 11.4. The van der Waals surface area contributed by atoms with Crippen LogP contribution in [0.15, 0.2) is 0 Å². The highest BCUT2D eigenvalue weighted by atomic mass is 32.1. The zero-order valence-corrected chi connectivity index (χ0v) is 10.9. The van der Waals surface area contributed by atoms with Crippen molar-refractivity contribution < 1.29 is 4.74 Å². The van der Waals surface area contributed by atoms with Gasteiger partial charge in [-0.1, -0.05) is 11.3 Å². The fourth-order valence-electron chi connectivity index (χ4n) is 2.79. The Balaban J connectivity index is 1.67. The topological polar surface area (TPSA) is 50.3 Å². The van der Waals surface area contributed by atoms with Gasteiger partial charge in [-0.15, -0.1) is 10.2 Å². The third kappa shape index (κ3) is 2.29. The van der Waals surface area contributed by atoms with Crippen LogP contribution in [-0.2, 0) is 11.3 Å². The van der Waals surface area contributed by atoms with Crippen molar-refractivity contribution in [3.05, 3.63) is 5.01 Å². The first-order chi connectivity index (χ1) is 8.36. The third-order valence-electron chi connectivity index (χ3n) is 3.62. The van der Waals surface area contributed by atoms with Gasteiger partial charge in [-0.05, 0) is 19.3 Å². The molecular weight excluding hydrogens is 236 g/mol. The van der Waals surface area contributed by atoms with E-state index in [4.69, 9.17) is 4.74 Å². The minimum absolute atomic E-state index is 0.459. The van der Waals surface area contributed by atoms with Gasteiger partial charge in [0.25, 0.3) is 0 Å². The number of fused-ring (bicyclic) bond motifs is 1. The van der Waals surface area contributed by atoms with Crippen LogP contribution in [0.25, 0.3) is 0 Å². The summed E-state index contributed by atoms with van der Waals surface area (Å²) in [4.78, 5) is 2.52. The van der Waals surface area contributed by atoms with E-state index in [0.29, 0.717) is 12.1 Å². The Hall–Kier alpha value is -0.720. The summed E-state index contributed by atoms with van der Waals surface area (Å²) in [6.45, 7) is 2.80. The molecule has 1 aliphatic heterocycles. The van der Waals surface area contributed by atoms with Crippen LogP contribution in [0.2, 0.25) is 0 Å². The second-order valence-corrected chi connectivity index (χ2v) is 5.69. The highest BCUT2D eigenvalue weighted by Crippen LogP contribution is 2.31. The van der Waals surface area contributed by atoms with Crippen molar-refractivity contribution in [2.75, 3.05) is 25.5 Å². The quantitative estimate of drug-likeness (QED) is 0.882. The zero-order valence-electron chi connectivity index (χ0n) is 10.1. The van der Waals surface area contributed by atoms with Crippen molar-refractivity contribution in [3.63, 3.8) is 0 Å². The van der Waals surface area contributed by atoms with Gasteiger partial charge in [-0.2, -0.15) is 0 Å². The van der Waals surface area contributed by atoms with Crippen LogP contribution >= 0.6 is 11.3 Å². The largest absolute Gasteiger partial charge is 0.375 e. The highest BCUT2D eigenvalue weighted by Gasteiger charge is 2.36. The summed E-state index contributed by atoms with van der Waals surface area (Å²) in [7, 11) is 1.88. The predicted molar refractivity (Wildman–Crippen MR) is 67.2 cm³/mol. The SMILES string of the molecule is CNc1nnc(CN2CCOC3CCCC32)s1. The van der Waals surface area contributed by atoms with E-state index >= 15 is 0 Å². The molecule has 0 spiro atoms. The van der Waals surface area contributed by atoms with Gasteiger partial charge in [-0.3, -0.25) is 4.90 Å². The first-order valence-electron chi connectivity index (χ1n) is 6.22. The molecule has 2 unspecified atom stereocenters. The molecule has 3 rings (SSSR count). The lowest BCUT2D eigenvalue weighted by atomic mass is 10.1. The minimum Gasteiger partial charge on any atom is -0.375 e. The van der Waals surface area contributed by atoms with Crippen molar-refractivity contribution in [2.45, 2.75) is 38.0 Å². The van der Waals surface area contributed by atoms with Crippen molar-refractivity contribution >= 4 is 16.5 Å². The molecule has 1 saturated heterocycles. The molecule has 94 valence electrons. The number of hydrogen-bond acceptors (Lipinski definition) is 6. The van der Waals surface area contributed by atoms with Crippen LogP contribution in [0.4, 0.5) is 5.13 Å². The van der Waals surface area contributed by atoms with E-state index in [1.807, 2.05) is 7.05 Å². The molecular formula is C11H18N4OS. The molecule has 0 aromatic carbocycles. The van der Waals surface area contributed by atoms with Crippen molar-refractivity contribution in [1.82, 2.24) is 15.1 Å². The van der Waals surface area contributed by atoms with Crippen LogP contribution in [0.3, 0.4) is 0 Å². The Morgan fingerprint density at radius 2 is 2.41 bits per heavy atom. The molecule has 0 bridgehead atoms. The van der Waals surface area contributed by atoms with Gasteiger partial charge in [0.1, 0.15) is 5.01 Å². The normalized spacial score (nSPS) is 29.2. The summed E-state index contributed by atoms with van der Waals surface area (Å²) in [6, 6.07) is 0.602. The lowest BCUT2D eigenvalue weighted by Crippen LogP contribution is -2.47. The number of morpholine rings is 1. The van der Waals surface area contributed by atoms with Gasteiger partial charge in [0.2, 0.25) is 5.13 Å². The van der Waals surface area contributed by atoms with E-state index < -0.39 is 0 Å². The van der Waals surface area contributed by atoms with E-state index in [2.05, 4.69) is 20.4 Å². The summed E-state index contributed by atoms with van der Waals surface area (Å²) < 4.78 is 5.81. The van der Waals surface area contributed by atoms with E-state index in [0.717, 1.165) is 29.8 Å². The first-order valence-corrected chi connectivity index (χ1v) is 7.04. The summed E-state index contributed by atoms with van der Waals surface area (Å²) in [5.74, 6) is 0. The molecule has 1 saturated carbocycles. The predicted octanol–water partition coefficient (Wildman–Crippen LogP) is 1.33. The second-order valence-electron chi connectivity index (χ2n) is 4.63. The fraction of sp³-hybridized carbons (Fsp3) is 0.818. The molecule has 2 fully saturated rings. The Morgan fingerprint density at radius 1 is 1.47 bits per heavy atom. The molecule has 5 nitrogen and oxygen atoms in total. The number of rotatable bonds is 3. The maximum absolute atomic E-state index is 5.81. The molecule has 1 aliphatic carbocycles. The van der Waals surface area contributed by atoms with Crippen molar-refractivity contribution in [2.24, 2.45) is 0 Å². The van der Waals surface area contributed by atoms with Gasteiger partial charge in [-0.25, -0.2) is 0 Å². The van der Waals surface area contributed by atoms with Crippen LogP contribution in [-0.4, -0.2) is 47.4 Å². The van der Waals surface area contributed by atoms with Crippen LogP contribution in [0.1, 0.15) is 24.3 Å². The lowest BCUT2D eigenvalue weighted by molar-refractivity contribution is -0.0588. The minimum atomic E-state index is 0.459. The molecule has 1 N–H and O–H groups in total. The van der Waals surface area contributed by atoms with Crippen molar-refractivity contribution in [1.29, 1.82) is 0 Å². The van der Waals surface area contributed by atoms with Gasteiger partial charge >= 0.3 is 0 Å². The third-order valence-corrected chi connectivity index (χ3v) is 4.54. The van der Waals surface area contributed by atoms with Crippen LogP contribution < -0.4 is 5.32 Å². The molecule has 6 heteroatoms. The Labute approximate surface area is 105 Å². The van der Waals surface area contributed by atoms with Crippen molar-refractivity contribution in [3.8, 4) is 0 Å². The van der Waals surface area contributed by atoms with E-state index in [9.17, 15) is 0 Å². The molecule has 2 atom stereocenters. The number of ether oxygens (including phenoxy) is 1. The lowest BCUT2D eigenvalue weighted by Gasteiger charge is -2.36. The number of anilines is 1. The van der Waals surface area contributed by atoms with Gasteiger partial charge in [0, 0.05) is 19.6 Å². The van der Waals surface area contributed by atoms with E-state index in [1.54, 1.807) is 11.3 Å². The smallest absolute Gasteiger partial charge is 0.205 e. The second kappa shape index (κ2) is 4.88. The van der Waals surface area contributed by atoms with Crippen LogP contribution in [0.5, 0.6) is 0 Å². The molecule has 1 aromatic heterocycles. The molecule has 0 radical (unpaired) electrons. The Bertz CT molecular complexity index is 383. The van der Waals surface area contributed by atoms with E-state index in [1.165, 1.54) is 19.3 Å². The van der Waals surface area contributed by atoms with E-state index in [-0.39, 0.29) is 0 Å². The number of hydrogen-bond donors (Lipinski definition) is 1. The molecule has 17 heavy (non-hydrogen) atoms. The van der Waals surface area contributed by atoms with Crippen LogP contribution in [0, 0.1) is 0 Å². The van der Waals surface area contributed by atoms with Gasteiger partial charge in [0.15, 0.2) is 0 Å². The van der Waals surface area contributed by atoms with Gasteiger partial charge in [0.05, 0.1) is 19.3 Å².